The number of hydrogen-bond acceptors (Lipinski definition) is 4. The number of fused-ring (bicyclic) bond motifs is 1. The van der Waals surface area contributed by atoms with Gasteiger partial charge in [-0.3, -0.25) is 9.69 Å². The van der Waals surface area contributed by atoms with Crippen LogP contribution in [0.1, 0.15) is 77.1 Å². The molecule has 2 saturated heterocycles. The topological polar surface area (TPSA) is 70.1 Å². The van der Waals surface area contributed by atoms with Crippen LogP contribution in [0.4, 0.5) is 17.6 Å². The van der Waals surface area contributed by atoms with Crippen molar-refractivity contribution in [3.63, 3.8) is 0 Å². The Kier molecular flexibility index (Phi) is 7.34. The van der Waals surface area contributed by atoms with Crippen molar-refractivity contribution in [1.82, 2.24) is 9.80 Å². The maximum Gasteiger partial charge on any atom is 0.416 e. The van der Waals surface area contributed by atoms with E-state index in [0.717, 1.165) is 62.4 Å². The third-order valence-corrected chi connectivity index (χ3v) is 9.55. The first-order valence-corrected chi connectivity index (χ1v) is 14.4. The summed E-state index contributed by atoms with van der Waals surface area (Å²) in [5.41, 5.74) is 0.352. The van der Waals surface area contributed by atoms with E-state index in [4.69, 9.17) is 4.74 Å². The van der Waals surface area contributed by atoms with Crippen molar-refractivity contribution in [2.45, 2.75) is 75.2 Å². The highest BCUT2D eigenvalue weighted by molar-refractivity contribution is 5.88. The summed E-state index contributed by atoms with van der Waals surface area (Å²) in [6.45, 7) is 2.66. The van der Waals surface area contributed by atoms with E-state index in [0.29, 0.717) is 31.6 Å². The maximum absolute atomic E-state index is 13.9. The predicted molar refractivity (Wildman–Crippen MR) is 142 cm³/mol. The Labute approximate surface area is 236 Å². The molecule has 3 fully saturated rings. The van der Waals surface area contributed by atoms with Crippen LogP contribution in [-0.4, -0.2) is 64.7 Å². The normalized spacial score (nSPS) is 26.0. The van der Waals surface area contributed by atoms with Gasteiger partial charge in [-0.1, -0.05) is 12.1 Å². The first-order valence-electron chi connectivity index (χ1n) is 14.4. The van der Waals surface area contributed by atoms with Gasteiger partial charge < -0.3 is 14.7 Å². The molecule has 3 aliphatic heterocycles. The van der Waals surface area contributed by atoms with E-state index >= 15 is 0 Å². The SMILES string of the molecule is O=C(O)c1cc(C2CCN(C3CC[C@@](C(=O)N4CCc5ccc(C(F)(F)F)cc5C4)(C4CC4)OC3)CC2)ccc1F. The summed E-state index contributed by atoms with van der Waals surface area (Å²) in [6, 6.07) is 8.32. The predicted octanol–water partition coefficient (Wildman–Crippen LogP) is 5.63. The molecule has 41 heavy (non-hydrogen) atoms. The van der Waals surface area contributed by atoms with Crippen LogP contribution >= 0.6 is 0 Å². The molecule has 1 aliphatic carbocycles. The van der Waals surface area contributed by atoms with Crippen LogP contribution in [0.3, 0.4) is 0 Å². The second kappa shape index (κ2) is 10.7. The summed E-state index contributed by atoms with van der Waals surface area (Å²) in [5, 5.41) is 9.26. The van der Waals surface area contributed by atoms with Gasteiger partial charge in [-0.15, -0.1) is 0 Å². The molecule has 0 spiro atoms. The number of carboxylic acids is 1. The van der Waals surface area contributed by atoms with Gasteiger partial charge in [0.25, 0.3) is 5.91 Å². The largest absolute Gasteiger partial charge is 0.478 e. The first kappa shape index (κ1) is 28.2. The fourth-order valence-electron chi connectivity index (χ4n) is 7.02. The monoisotopic (exact) mass is 574 g/mol. The Morgan fingerprint density at radius 2 is 1.71 bits per heavy atom. The van der Waals surface area contributed by atoms with E-state index in [2.05, 4.69) is 4.90 Å². The van der Waals surface area contributed by atoms with Gasteiger partial charge in [0.1, 0.15) is 11.4 Å². The summed E-state index contributed by atoms with van der Waals surface area (Å²) in [6.07, 6.45) is 0.970. The van der Waals surface area contributed by atoms with Crippen molar-refractivity contribution in [2.24, 2.45) is 5.92 Å². The van der Waals surface area contributed by atoms with E-state index in [9.17, 15) is 32.3 Å². The van der Waals surface area contributed by atoms with Gasteiger partial charge in [-0.05, 0) is 111 Å². The molecule has 2 aromatic carbocycles. The number of amides is 1. The molecule has 1 N–H and O–H groups in total. The van der Waals surface area contributed by atoms with E-state index in [1.807, 2.05) is 0 Å². The Morgan fingerprint density at radius 1 is 0.951 bits per heavy atom. The lowest BCUT2D eigenvalue weighted by atomic mass is 9.83. The third-order valence-electron chi connectivity index (χ3n) is 9.55. The maximum atomic E-state index is 13.9. The number of likely N-dealkylation sites (tertiary alicyclic amines) is 1. The lowest BCUT2D eigenvalue weighted by Crippen LogP contribution is -2.58. The van der Waals surface area contributed by atoms with Gasteiger partial charge in [0.05, 0.1) is 17.7 Å². The van der Waals surface area contributed by atoms with E-state index in [1.165, 1.54) is 24.3 Å². The zero-order valence-electron chi connectivity index (χ0n) is 22.8. The number of carbonyl (C=O) groups excluding carboxylic acids is 1. The Morgan fingerprint density at radius 3 is 2.34 bits per heavy atom. The Bertz CT molecular complexity index is 1330. The van der Waals surface area contributed by atoms with Crippen LogP contribution < -0.4 is 0 Å². The van der Waals surface area contributed by atoms with Gasteiger partial charge >= 0.3 is 12.1 Å². The zero-order valence-corrected chi connectivity index (χ0v) is 22.8. The number of benzene rings is 2. The molecular weight excluding hydrogens is 540 g/mol. The molecule has 4 aliphatic rings. The van der Waals surface area contributed by atoms with Gasteiger partial charge in [0.15, 0.2) is 0 Å². The smallest absolute Gasteiger partial charge is 0.416 e. The first-order chi connectivity index (χ1) is 19.5. The number of aromatic carboxylic acids is 1. The zero-order chi connectivity index (χ0) is 28.9. The molecule has 10 heteroatoms. The Balaban J connectivity index is 1.08. The summed E-state index contributed by atoms with van der Waals surface area (Å²) in [7, 11) is 0. The highest BCUT2D eigenvalue weighted by Gasteiger charge is 2.55. The summed E-state index contributed by atoms with van der Waals surface area (Å²) >= 11 is 0. The molecule has 3 heterocycles. The molecule has 0 bridgehead atoms. The number of alkyl halides is 3. The molecule has 6 rings (SSSR count). The number of piperidine rings is 1. The number of halogens is 4. The minimum atomic E-state index is -4.42. The fraction of sp³-hybridized carbons (Fsp3) is 0.548. The summed E-state index contributed by atoms with van der Waals surface area (Å²) < 4.78 is 60.2. The highest BCUT2D eigenvalue weighted by Crippen LogP contribution is 2.48. The fourth-order valence-corrected chi connectivity index (χ4v) is 7.02. The number of carboxylic acid groups (broad SMARTS) is 1. The van der Waals surface area contributed by atoms with Gasteiger partial charge in [0, 0.05) is 19.1 Å². The number of hydrogen-bond donors (Lipinski definition) is 1. The van der Waals surface area contributed by atoms with Crippen LogP contribution in [0.5, 0.6) is 0 Å². The third kappa shape index (κ3) is 5.48. The van der Waals surface area contributed by atoms with Crippen molar-refractivity contribution in [2.75, 3.05) is 26.2 Å². The summed E-state index contributed by atoms with van der Waals surface area (Å²) in [5.74, 6) is -1.79. The molecule has 1 unspecified atom stereocenters. The van der Waals surface area contributed by atoms with Gasteiger partial charge in [-0.2, -0.15) is 13.2 Å². The number of carbonyl (C=O) groups is 2. The van der Waals surface area contributed by atoms with Crippen LogP contribution in [0.25, 0.3) is 0 Å². The van der Waals surface area contributed by atoms with Gasteiger partial charge in [-0.25, -0.2) is 9.18 Å². The number of rotatable bonds is 5. The minimum absolute atomic E-state index is 0.0919. The lowest BCUT2D eigenvalue weighted by molar-refractivity contribution is -0.177. The van der Waals surface area contributed by atoms with Crippen LogP contribution in [0.15, 0.2) is 36.4 Å². The van der Waals surface area contributed by atoms with E-state index in [-0.39, 0.29) is 35.9 Å². The van der Waals surface area contributed by atoms with Gasteiger partial charge in [0.2, 0.25) is 0 Å². The lowest BCUT2D eigenvalue weighted by Gasteiger charge is -2.46. The molecule has 6 nitrogen and oxygen atoms in total. The average Bonchev–Trinajstić information content (AvgIpc) is 3.82. The average molecular weight is 575 g/mol. The van der Waals surface area contributed by atoms with Crippen molar-refractivity contribution >= 4 is 11.9 Å². The molecule has 2 aromatic rings. The van der Waals surface area contributed by atoms with Crippen molar-refractivity contribution < 1.29 is 37.0 Å². The van der Waals surface area contributed by atoms with E-state index < -0.39 is 29.1 Å². The highest BCUT2D eigenvalue weighted by atomic mass is 19.4. The number of ether oxygens (including phenoxy) is 1. The van der Waals surface area contributed by atoms with Crippen LogP contribution in [0, 0.1) is 11.7 Å². The molecular formula is C31H34F4N2O4. The molecule has 220 valence electrons. The van der Waals surface area contributed by atoms with E-state index in [1.54, 1.807) is 11.0 Å². The molecule has 1 saturated carbocycles. The standard InChI is InChI=1S/C31H34F4N2O4/c32-27-6-2-21(16-26(27)28(38)39)20-8-12-36(13-9-20)25-7-11-30(41-18-25,23-4-5-23)29(40)37-14-10-19-1-3-24(31(33,34)35)15-22(19)17-37/h1-3,6,15-16,20,23,25H,4-5,7-14,17-18H2,(H,38,39)/t25?,30-/m0/s1. The van der Waals surface area contributed by atoms with Crippen molar-refractivity contribution in [1.29, 1.82) is 0 Å². The molecule has 0 radical (unpaired) electrons. The quantitative estimate of drug-likeness (QED) is 0.469. The minimum Gasteiger partial charge on any atom is -0.478 e. The second-order valence-corrected chi connectivity index (χ2v) is 12.0. The van der Waals surface area contributed by atoms with Crippen LogP contribution in [0.2, 0.25) is 0 Å². The Hall–Kier alpha value is -2.98. The molecule has 1 amide bonds. The van der Waals surface area contributed by atoms with Crippen molar-refractivity contribution in [3.8, 4) is 0 Å². The summed E-state index contributed by atoms with van der Waals surface area (Å²) in [4.78, 5) is 29.3. The molecule has 0 aromatic heterocycles. The van der Waals surface area contributed by atoms with Crippen molar-refractivity contribution in [3.05, 3.63) is 70.0 Å². The van der Waals surface area contributed by atoms with Crippen LogP contribution in [-0.2, 0) is 28.7 Å². The molecule has 2 atom stereocenters. The second-order valence-electron chi connectivity index (χ2n) is 12.0. The number of nitrogens with zero attached hydrogens (tertiary/aromatic N) is 2.